The quantitative estimate of drug-likeness (QED) is 0.270. The maximum atomic E-state index is 6.27. The Bertz CT molecular complexity index is 1450. The largest absolute Gasteiger partial charge is 0.457 e. The molecule has 0 aliphatic carbocycles. The van der Waals surface area contributed by atoms with E-state index in [2.05, 4.69) is 93.7 Å². The van der Waals surface area contributed by atoms with E-state index in [4.69, 9.17) is 9.47 Å². The highest BCUT2D eigenvalue weighted by Gasteiger charge is 2.27. The van der Waals surface area contributed by atoms with Crippen molar-refractivity contribution in [3.8, 4) is 23.1 Å². The van der Waals surface area contributed by atoms with Crippen molar-refractivity contribution in [2.45, 2.75) is 52.4 Å². The molecule has 0 radical (unpaired) electrons. The summed E-state index contributed by atoms with van der Waals surface area (Å²) < 4.78 is 12.3. The Morgan fingerprint density at radius 1 is 0.658 bits per heavy atom. The molecule has 2 heterocycles. The standard InChI is InChI=1S/C33H37N3O2/c1-32(2,3)23-14-15-29-30(18-23)35(7)22-36(29)25-10-8-11-26(20-25)37-27-12-9-13-28(21-27)38-31-19-24(16-17-34-31)33(4,5)6/h8-21H,22H2,1-7H3. The van der Waals surface area contributed by atoms with Gasteiger partial charge in [0.2, 0.25) is 5.88 Å². The fourth-order valence-electron chi connectivity index (χ4n) is 4.61. The van der Waals surface area contributed by atoms with E-state index in [1.54, 1.807) is 6.20 Å². The van der Waals surface area contributed by atoms with Crippen LogP contribution in [-0.4, -0.2) is 18.7 Å². The van der Waals surface area contributed by atoms with Crippen LogP contribution in [0.5, 0.6) is 23.1 Å². The number of anilines is 3. The Hall–Kier alpha value is -3.99. The smallest absolute Gasteiger partial charge is 0.219 e. The van der Waals surface area contributed by atoms with Crippen LogP contribution in [0, 0.1) is 0 Å². The van der Waals surface area contributed by atoms with E-state index in [1.807, 2.05) is 48.5 Å². The summed E-state index contributed by atoms with van der Waals surface area (Å²) in [7, 11) is 2.14. The number of hydrogen-bond acceptors (Lipinski definition) is 5. The van der Waals surface area contributed by atoms with Gasteiger partial charge in [0.05, 0.1) is 18.0 Å². The predicted octanol–water partition coefficient (Wildman–Crippen LogP) is 8.81. The number of pyridine rings is 1. The van der Waals surface area contributed by atoms with E-state index in [-0.39, 0.29) is 10.8 Å². The van der Waals surface area contributed by atoms with Crippen LogP contribution < -0.4 is 19.3 Å². The van der Waals surface area contributed by atoms with Crippen molar-refractivity contribution in [1.82, 2.24) is 4.98 Å². The van der Waals surface area contributed by atoms with Crippen LogP contribution in [0.2, 0.25) is 0 Å². The van der Waals surface area contributed by atoms with Crippen LogP contribution in [0.3, 0.4) is 0 Å². The van der Waals surface area contributed by atoms with Crippen molar-refractivity contribution >= 4 is 17.1 Å². The molecule has 0 spiro atoms. The number of benzene rings is 3. The molecule has 0 amide bonds. The number of hydrogen-bond donors (Lipinski definition) is 0. The van der Waals surface area contributed by atoms with Gasteiger partial charge in [0.1, 0.15) is 17.2 Å². The Labute approximate surface area is 226 Å². The summed E-state index contributed by atoms with van der Waals surface area (Å²) >= 11 is 0. The number of ether oxygens (including phenoxy) is 2. The molecule has 0 N–H and O–H groups in total. The average Bonchev–Trinajstić information content (AvgIpc) is 3.19. The van der Waals surface area contributed by atoms with E-state index in [1.165, 1.54) is 22.5 Å². The number of nitrogens with zero attached hydrogens (tertiary/aromatic N) is 3. The first kappa shape index (κ1) is 25.7. The van der Waals surface area contributed by atoms with Crippen LogP contribution in [0.4, 0.5) is 17.1 Å². The van der Waals surface area contributed by atoms with Crippen molar-refractivity contribution in [3.05, 3.63) is 96.2 Å². The Morgan fingerprint density at radius 3 is 2.00 bits per heavy atom. The molecule has 5 heteroatoms. The lowest BCUT2D eigenvalue weighted by atomic mass is 9.86. The summed E-state index contributed by atoms with van der Waals surface area (Å²) in [6.07, 6.45) is 1.79. The van der Waals surface area contributed by atoms with Crippen molar-refractivity contribution in [1.29, 1.82) is 0 Å². The van der Waals surface area contributed by atoms with Gasteiger partial charge in [0.15, 0.2) is 0 Å². The topological polar surface area (TPSA) is 37.8 Å². The third-order valence-electron chi connectivity index (χ3n) is 6.89. The van der Waals surface area contributed by atoms with Gasteiger partial charge in [0, 0.05) is 37.1 Å². The van der Waals surface area contributed by atoms with Crippen molar-refractivity contribution in [2.75, 3.05) is 23.5 Å². The van der Waals surface area contributed by atoms with E-state index in [0.717, 1.165) is 18.1 Å². The molecule has 38 heavy (non-hydrogen) atoms. The minimum Gasteiger partial charge on any atom is -0.457 e. The van der Waals surface area contributed by atoms with Gasteiger partial charge in [-0.05, 0) is 64.4 Å². The van der Waals surface area contributed by atoms with Crippen LogP contribution in [0.25, 0.3) is 0 Å². The van der Waals surface area contributed by atoms with Gasteiger partial charge in [0.25, 0.3) is 0 Å². The zero-order valence-corrected chi connectivity index (χ0v) is 23.4. The summed E-state index contributed by atoms with van der Waals surface area (Å²) in [5.41, 5.74) is 6.19. The first-order chi connectivity index (χ1) is 18.0. The van der Waals surface area contributed by atoms with Crippen LogP contribution >= 0.6 is 0 Å². The van der Waals surface area contributed by atoms with Gasteiger partial charge in [-0.25, -0.2) is 4.98 Å². The van der Waals surface area contributed by atoms with Crippen molar-refractivity contribution < 1.29 is 9.47 Å². The van der Waals surface area contributed by atoms with Gasteiger partial charge in [-0.15, -0.1) is 0 Å². The highest BCUT2D eigenvalue weighted by atomic mass is 16.5. The maximum Gasteiger partial charge on any atom is 0.219 e. The fraction of sp³-hybridized carbons (Fsp3) is 0.303. The second-order valence-corrected chi connectivity index (χ2v) is 12.0. The summed E-state index contributed by atoms with van der Waals surface area (Å²) in [6, 6.07) is 26.7. The zero-order chi connectivity index (χ0) is 27.1. The molecule has 4 aromatic rings. The van der Waals surface area contributed by atoms with Crippen LogP contribution in [0.15, 0.2) is 85.1 Å². The molecule has 0 atom stereocenters. The van der Waals surface area contributed by atoms with Crippen molar-refractivity contribution in [2.24, 2.45) is 0 Å². The molecule has 0 saturated heterocycles. The van der Waals surface area contributed by atoms with Gasteiger partial charge in [-0.3, -0.25) is 0 Å². The highest BCUT2D eigenvalue weighted by Crippen LogP contribution is 2.43. The number of aromatic nitrogens is 1. The molecule has 0 saturated carbocycles. The molecule has 5 nitrogen and oxygen atoms in total. The second-order valence-electron chi connectivity index (χ2n) is 12.0. The molecule has 196 valence electrons. The fourth-order valence-corrected chi connectivity index (χ4v) is 4.61. The molecule has 1 aromatic heterocycles. The Balaban J connectivity index is 1.35. The van der Waals surface area contributed by atoms with Gasteiger partial charge >= 0.3 is 0 Å². The van der Waals surface area contributed by atoms with Gasteiger partial charge in [-0.1, -0.05) is 59.7 Å². The molecular formula is C33H37N3O2. The molecule has 1 aliphatic rings. The molecule has 3 aromatic carbocycles. The average molecular weight is 508 g/mol. The third-order valence-corrected chi connectivity index (χ3v) is 6.89. The minimum atomic E-state index is 0.0244. The van der Waals surface area contributed by atoms with E-state index >= 15 is 0 Å². The first-order valence-electron chi connectivity index (χ1n) is 13.1. The SMILES string of the molecule is CN1CN(c2cccc(Oc3cccc(Oc4cc(C(C)(C)C)ccn4)c3)c2)c2ccc(C(C)(C)C)cc21. The molecule has 1 aliphatic heterocycles. The summed E-state index contributed by atoms with van der Waals surface area (Å²) in [6.45, 7) is 14.1. The predicted molar refractivity (Wildman–Crippen MR) is 157 cm³/mol. The van der Waals surface area contributed by atoms with Gasteiger partial charge < -0.3 is 19.3 Å². The normalized spacial score (nSPS) is 13.4. The minimum absolute atomic E-state index is 0.0244. The lowest BCUT2D eigenvalue weighted by Gasteiger charge is -2.22. The summed E-state index contributed by atoms with van der Waals surface area (Å²) in [4.78, 5) is 9.00. The summed E-state index contributed by atoms with van der Waals surface area (Å²) in [5, 5.41) is 0. The highest BCUT2D eigenvalue weighted by molar-refractivity contribution is 5.83. The molecule has 0 bridgehead atoms. The molecule has 0 fully saturated rings. The van der Waals surface area contributed by atoms with E-state index in [0.29, 0.717) is 17.4 Å². The first-order valence-corrected chi connectivity index (χ1v) is 13.1. The lowest BCUT2D eigenvalue weighted by molar-refractivity contribution is 0.446. The van der Waals surface area contributed by atoms with E-state index < -0.39 is 0 Å². The monoisotopic (exact) mass is 507 g/mol. The summed E-state index contributed by atoms with van der Waals surface area (Å²) in [5.74, 6) is 2.74. The third kappa shape index (κ3) is 5.47. The zero-order valence-electron chi connectivity index (χ0n) is 23.4. The molecule has 0 unspecified atom stereocenters. The maximum absolute atomic E-state index is 6.27. The van der Waals surface area contributed by atoms with Crippen LogP contribution in [0.1, 0.15) is 52.7 Å². The number of fused-ring (bicyclic) bond motifs is 1. The van der Waals surface area contributed by atoms with Gasteiger partial charge in [-0.2, -0.15) is 0 Å². The number of rotatable bonds is 5. The Kier molecular flexibility index (Phi) is 6.56. The molecule has 5 rings (SSSR count). The second kappa shape index (κ2) is 9.71. The van der Waals surface area contributed by atoms with E-state index in [9.17, 15) is 0 Å². The lowest BCUT2D eigenvalue weighted by Crippen LogP contribution is -2.23. The Morgan fingerprint density at radius 2 is 1.29 bits per heavy atom. The van der Waals surface area contributed by atoms with Crippen molar-refractivity contribution in [3.63, 3.8) is 0 Å². The molecular weight excluding hydrogens is 470 g/mol. The van der Waals surface area contributed by atoms with Crippen LogP contribution in [-0.2, 0) is 10.8 Å².